The number of benzene rings is 2. The number of rotatable bonds is 4. The van der Waals surface area contributed by atoms with E-state index in [-0.39, 0.29) is 39.6 Å². The molecule has 15 heteroatoms. The Kier molecular flexibility index (Phi) is 5.63. The van der Waals surface area contributed by atoms with E-state index >= 15 is 0 Å². The van der Waals surface area contributed by atoms with Crippen LogP contribution in [0.5, 0.6) is 11.5 Å². The Hall–Kier alpha value is -2.74. The van der Waals surface area contributed by atoms with E-state index in [2.05, 4.69) is 0 Å². The molecule has 2 aromatic rings. The van der Waals surface area contributed by atoms with Gasteiger partial charge in [0.1, 0.15) is 12.1 Å². The van der Waals surface area contributed by atoms with E-state index in [1.54, 1.807) is 18.2 Å². The molecule has 4 heterocycles. The number of carbonyl (C=O) groups is 2. The lowest BCUT2D eigenvalue weighted by Gasteiger charge is -2.31. The largest absolute Gasteiger partial charge is 0.454 e. The van der Waals surface area contributed by atoms with Crippen LogP contribution in [0.1, 0.15) is 18.0 Å². The number of carbonyl (C=O) groups excluding carboxylic acids is 2. The van der Waals surface area contributed by atoms with Crippen molar-refractivity contribution in [3.63, 3.8) is 0 Å². The molecule has 3 atom stereocenters. The first kappa shape index (κ1) is 25.5. The molecule has 0 radical (unpaired) electrons. The van der Waals surface area contributed by atoms with E-state index in [4.69, 9.17) is 32.7 Å². The van der Waals surface area contributed by atoms with Gasteiger partial charge in [-0.3, -0.25) is 9.69 Å². The van der Waals surface area contributed by atoms with Crippen LogP contribution in [0.15, 0.2) is 41.3 Å². The van der Waals surface area contributed by atoms with Gasteiger partial charge in [-0.05, 0) is 42.3 Å². The van der Waals surface area contributed by atoms with Gasteiger partial charge in [0.25, 0.3) is 5.91 Å². The fourth-order valence-corrected chi connectivity index (χ4v) is 7.76. The number of hydrogen-bond donors (Lipinski definition) is 0. The van der Waals surface area contributed by atoms with Gasteiger partial charge in [0, 0.05) is 19.0 Å². The lowest BCUT2D eigenvalue weighted by atomic mass is 9.87. The first-order valence-corrected chi connectivity index (χ1v) is 13.6. The summed E-state index contributed by atoms with van der Waals surface area (Å²) in [5.74, 6) is -0.948. The van der Waals surface area contributed by atoms with E-state index < -0.39 is 58.7 Å². The third kappa shape index (κ3) is 3.66. The zero-order chi connectivity index (χ0) is 27.2. The Morgan fingerprint density at radius 1 is 1.03 bits per heavy atom. The summed E-state index contributed by atoms with van der Waals surface area (Å²) in [6.45, 7) is -2.46. The second kappa shape index (κ2) is 8.38. The van der Waals surface area contributed by atoms with Crippen LogP contribution < -0.4 is 9.47 Å². The van der Waals surface area contributed by atoms with Crippen LogP contribution in [0.25, 0.3) is 0 Å². The van der Waals surface area contributed by atoms with Crippen molar-refractivity contribution in [2.24, 2.45) is 5.92 Å². The number of alkyl halides is 3. The van der Waals surface area contributed by atoms with Crippen LogP contribution >= 0.6 is 23.2 Å². The minimum Gasteiger partial charge on any atom is -0.454 e. The van der Waals surface area contributed by atoms with E-state index in [0.717, 1.165) is 15.3 Å². The van der Waals surface area contributed by atoms with Gasteiger partial charge in [-0.2, -0.15) is 17.5 Å². The number of halogens is 5. The highest BCUT2D eigenvalue weighted by molar-refractivity contribution is 7.89. The van der Waals surface area contributed by atoms with Gasteiger partial charge in [-0.1, -0.05) is 29.3 Å². The minimum absolute atomic E-state index is 0.00160. The van der Waals surface area contributed by atoms with Crippen molar-refractivity contribution < 1.29 is 40.7 Å². The SMILES string of the molecule is O=C1N(CC(F)(F)F)C(=O)[C@]23CN(S(=O)(=O)c4ccc(Cl)c(Cl)c4)C[C@H]2C[C@H](c2ccc4c(c2)OCO4)N13. The molecule has 0 saturated carbocycles. The average Bonchev–Trinajstić information content (AvgIpc) is 3.57. The van der Waals surface area contributed by atoms with E-state index in [1.165, 1.54) is 12.1 Å². The summed E-state index contributed by atoms with van der Waals surface area (Å²) >= 11 is 11.9. The van der Waals surface area contributed by atoms with Crippen molar-refractivity contribution in [2.45, 2.75) is 29.1 Å². The Labute approximate surface area is 224 Å². The predicted octanol–water partition coefficient (Wildman–Crippen LogP) is 4.05. The first-order chi connectivity index (χ1) is 17.8. The highest BCUT2D eigenvalue weighted by Gasteiger charge is 2.72. The summed E-state index contributed by atoms with van der Waals surface area (Å²) in [6, 6.07) is 6.72. The molecule has 9 nitrogen and oxygen atoms in total. The van der Waals surface area contributed by atoms with Crippen molar-refractivity contribution in [1.82, 2.24) is 14.1 Å². The van der Waals surface area contributed by atoms with Gasteiger partial charge < -0.3 is 14.4 Å². The second-order valence-corrected chi connectivity index (χ2v) is 12.3. The highest BCUT2D eigenvalue weighted by Crippen LogP contribution is 2.56. The van der Waals surface area contributed by atoms with E-state index in [0.29, 0.717) is 17.1 Å². The van der Waals surface area contributed by atoms with Gasteiger partial charge in [-0.25, -0.2) is 13.2 Å². The molecule has 6 rings (SSSR count). The molecule has 3 saturated heterocycles. The first-order valence-electron chi connectivity index (χ1n) is 11.4. The van der Waals surface area contributed by atoms with Crippen LogP contribution in [0.3, 0.4) is 0 Å². The molecule has 3 amide bonds. The summed E-state index contributed by atoms with van der Waals surface area (Å²) in [5.41, 5.74) is -1.26. The number of sulfonamides is 1. The molecule has 2 aromatic carbocycles. The number of fused-ring (bicyclic) bond motifs is 1. The van der Waals surface area contributed by atoms with Crippen molar-refractivity contribution >= 4 is 45.2 Å². The van der Waals surface area contributed by atoms with Gasteiger partial charge in [-0.15, -0.1) is 0 Å². The predicted molar refractivity (Wildman–Crippen MR) is 126 cm³/mol. The third-order valence-electron chi connectivity index (χ3n) is 7.47. The second-order valence-electron chi connectivity index (χ2n) is 9.52. The summed E-state index contributed by atoms with van der Waals surface area (Å²) in [5, 5.41) is 0.137. The molecule has 38 heavy (non-hydrogen) atoms. The maximum Gasteiger partial charge on any atom is 0.406 e. The average molecular weight is 592 g/mol. The lowest BCUT2D eigenvalue weighted by molar-refractivity contribution is -0.155. The molecular weight excluding hydrogens is 574 g/mol. The maximum atomic E-state index is 13.6. The highest BCUT2D eigenvalue weighted by atomic mass is 35.5. The molecule has 4 aliphatic rings. The summed E-state index contributed by atoms with van der Waals surface area (Å²) < 4.78 is 78.8. The van der Waals surface area contributed by atoms with Gasteiger partial charge in [0.15, 0.2) is 11.5 Å². The zero-order valence-electron chi connectivity index (χ0n) is 19.2. The van der Waals surface area contributed by atoms with Crippen molar-refractivity contribution in [3.05, 3.63) is 52.0 Å². The number of nitrogens with zero attached hydrogens (tertiary/aromatic N) is 3. The molecule has 0 N–H and O–H groups in total. The fraction of sp³-hybridized carbons (Fsp3) is 0.391. The Balaban J connectivity index is 1.41. The van der Waals surface area contributed by atoms with Crippen LogP contribution in [0, 0.1) is 5.92 Å². The number of urea groups is 1. The van der Waals surface area contributed by atoms with Gasteiger partial charge in [0.2, 0.25) is 16.8 Å². The van der Waals surface area contributed by atoms with E-state index in [9.17, 15) is 31.2 Å². The summed E-state index contributed by atoms with van der Waals surface area (Å²) in [7, 11) is -4.22. The van der Waals surface area contributed by atoms with E-state index in [1.807, 2.05) is 0 Å². The van der Waals surface area contributed by atoms with Crippen molar-refractivity contribution in [2.75, 3.05) is 26.4 Å². The monoisotopic (exact) mass is 591 g/mol. The molecule has 0 unspecified atom stereocenters. The minimum atomic E-state index is -4.84. The van der Waals surface area contributed by atoms with Gasteiger partial charge in [0.05, 0.1) is 21.0 Å². The molecule has 3 fully saturated rings. The standard InChI is InChI=1S/C23H18Cl2F3N3O6S/c24-15-3-2-14(7-16(15)25)38(34,35)29-8-13-6-17(12-1-4-18-19(5-12)37-11-36-18)31-21(33)30(10-23(26,27)28)20(32)22(13,31)9-29/h1-5,7,13,17H,6,8-11H2/t13-,17-,22+/m1/s1. The quantitative estimate of drug-likeness (QED) is 0.498. The molecule has 0 aromatic heterocycles. The zero-order valence-corrected chi connectivity index (χ0v) is 21.6. The van der Waals surface area contributed by atoms with Crippen LogP contribution in [0.4, 0.5) is 18.0 Å². The van der Waals surface area contributed by atoms with Crippen molar-refractivity contribution in [1.29, 1.82) is 0 Å². The van der Waals surface area contributed by atoms with Crippen molar-refractivity contribution in [3.8, 4) is 11.5 Å². The molecule has 1 spiro atoms. The molecule has 0 bridgehead atoms. The Morgan fingerprint density at radius 3 is 2.47 bits per heavy atom. The summed E-state index contributed by atoms with van der Waals surface area (Å²) in [4.78, 5) is 28.1. The molecule has 0 aliphatic carbocycles. The van der Waals surface area contributed by atoms with Crippen LogP contribution in [0.2, 0.25) is 10.0 Å². The van der Waals surface area contributed by atoms with Crippen LogP contribution in [-0.4, -0.2) is 72.6 Å². The number of ether oxygens (including phenoxy) is 2. The number of imide groups is 1. The maximum absolute atomic E-state index is 13.6. The van der Waals surface area contributed by atoms with Crippen LogP contribution in [-0.2, 0) is 14.8 Å². The smallest absolute Gasteiger partial charge is 0.406 e. The third-order valence-corrected chi connectivity index (χ3v) is 10.0. The number of hydrogen-bond acceptors (Lipinski definition) is 6. The molecule has 202 valence electrons. The Bertz CT molecular complexity index is 1490. The molecule has 4 aliphatic heterocycles. The summed E-state index contributed by atoms with van der Waals surface area (Å²) in [6.07, 6.45) is -4.68. The number of amides is 3. The fourth-order valence-electron chi connectivity index (χ4n) is 5.85. The normalized spacial score (nSPS) is 26.9. The Morgan fingerprint density at radius 2 is 1.76 bits per heavy atom. The molecular formula is C23H18Cl2F3N3O6S. The lowest BCUT2D eigenvalue weighted by Crippen LogP contribution is -2.52. The topological polar surface area (TPSA) is 96.5 Å². The van der Waals surface area contributed by atoms with Gasteiger partial charge >= 0.3 is 12.2 Å².